The van der Waals surface area contributed by atoms with Crippen LogP contribution in [0.2, 0.25) is 0 Å². The Balaban J connectivity index is 0.00000364. The molecule has 2 heterocycles. The van der Waals surface area contributed by atoms with Crippen LogP contribution in [-0.4, -0.2) is 38.2 Å². The molecule has 1 amide bonds. The Hall–Kier alpha value is -1.99. The first-order chi connectivity index (χ1) is 12.2. The topological polar surface area (TPSA) is 98.7 Å². The lowest BCUT2D eigenvalue weighted by atomic mass is 10.0. The van der Waals surface area contributed by atoms with E-state index in [1.54, 1.807) is 4.68 Å². The molecule has 7 nitrogen and oxygen atoms in total. The van der Waals surface area contributed by atoms with Gasteiger partial charge in [0.1, 0.15) is 0 Å². The fraction of sp³-hybridized carbons (Fsp3) is 0.579. The first-order valence-electron chi connectivity index (χ1n) is 9.08. The second-order valence-electron chi connectivity index (χ2n) is 7.32. The lowest BCUT2D eigenvalue weighted by molar-refractivity contribution is -0.121. The molecule has 0 aliphatic heterocycles. The Labute approximate surface area is 167 Å². The quantitative estimate of drug-likeness (QED) is 0.750. The summed E-state index contributed by atoms with van der Waals surface area (Å²) in [6.45, 7) is 12.4. The fourth-order valence-electron chi connectivity index (χ4n) is 3.15. The van der Waals surface area contributed by atoms with E-state index in [0.29, 0.717) is 18.4 Å². The summed E-state index contributed by atoms with van der Waals surface area (Å²) in [6, 6.07) is 1.92. The highest BCUT2D eigenvalue weighted by Gasteiger charge is 2.19. The van der Waals surface area contributed by atoms with Gasteiger partial charge in [-0.2, -0.15) is 5.10 Å². The number of carbonyl (C=O) groups is 1. The van der Waals surface area contributed by atoms with Crippen LogP contribution in [0.1, 0.15) is 48.6 Å². The third kappa shape index (κ3) is 6.01. The van der Waals surface area contributed by atoms with E-state index in [-0.39, 0.29) is 30.8 Å². The summed E-state index contributed by atoms with van der Waals surface area (Å²) in [5.41, 5.74) is 10.2. The second kappa shape index (κ2) is 9.80. The van der Waals surface area contributed by atoms with Crippen LogP contribution in [0.3, 0.4) is 0 Å². The van der Waals surface area contributed by atoms with E-state index in [1.165, 1.54) is 0 Å². The minimum Gasteiger partial charge on any atom is -0.352 e. The Bertz CT molecular complexity index is 766. The molecule has 1 unspecified atom stereocenters. The van der Waals surface area contributed by atoms with E-state index >= 15 is 0 Å². The summed E-state index contributed by atoms with van der Waals surface area (Å²) in [6.07, 6.45) is 1.15. The van der Waals surface area contributed by atoms with E-state index in [2.05, 4.69) is 34.2 Å². The van der Waals surface area contributed by atoms with Crippen molar-refractivity contribution in [3.8, 4) is 5.95 Å². The van der Waals surface area contributed by atoms with Gasteiger partial charge in [0, 0.05) is 35.2 Å². The van der Waals surface area contributed by atoms with Gasteiger partial charge in [0.2, 0.25) is 5.91 Å². The molecule has 150 valence electrons. The molecule has 0 bridgehead atoms. The molecule has 2 rings (SSSR count). The van der Waals surface area contributed by atoms with E-state index in [0.717, 1.165) is 34.8 Å². The van der Waals surface area contributed by atoms with Crippen molar-refractivity contribution in [2.75, 3.05) is 6.54 Å². The molecule has 2 aromatic rings. The number of rotatable bonds is 7. The predicted octanol–water partition coefficient (Wildman–Crippen LogP) is 2.35. The Morgan fingerprint density at radius 1 is 1.19 bits per heavy atom. The van der Waals surface area contributed by atoms with Gasteiger partial charge in [-0.1, -0.05) is 13.8 Å². The molecular weight excluding hydrogens is 364 g/mol. The molecule has 0 spiro atoms. The number of aromatic nitrogens is 4. The Kier molecular flexibility index (Phi) is 8.37. The molecule has 0 aromatic carbocycles. The van der Waals surface area contributed by atoms with E-state index in [9.17, 15) is 4.79 Å². The zero-order chi connectivity index (χ0) is 19.4. The largest absolute Gasteiger partial charge is 0.352 e. The van der Waals surface area contributed by atoms with Gasteiger partial charge >= 0.3 is 0 Å². The SMILES string of the molecule is Cc1cc(C)nc(-n2nc(C)c(CC(=O)NC(CN)CC(C)C)c2C)n1.Cl. The van der Waals surface area contributed by atoms with Crippen LogP contribution < -0.4 is 11.1 Å². The van der Waals surface area contributed by atoms with Crippen LogP contribution in [0.4, 0.5) is 0 Å². The minimum absolute atomic E-state index is 0. The Morgan fingerprint density at radius 3 is 2.30 bits per heavy atom. The summed E-state index contributed by atoms with van der Waals surface area (Å²) in [5.74, 6) is 0.986. The van der Waals surface area contributed by atoms with Gasteiger partial charge in [-0.15, -0.1) is 12.4 Å². The number of aryl methyl sites for hydroxylation is 3. The molecule has 2 aromatic heterocycles. The molecule has 0 aliphatic rings. The first kappa shape index (κ1) is 23.0. The van der Waals surface area contributed by atoms with Crippen LogP contribution in [0.15, 0.2) is 6.07 Å². The van der Waals surface area contributed by atoms with E-state index in [1.807, 2.05) is 33.8 Å². The highest BCUT2D eigenvalue weighted by molar-refractivity contribution is 5.85. The molecular formula is C19H31ClN6O. The van der Waals surface area contributed by atoms with Gasteiger partial charge in [0.25, 0.3) is 5.95 Å². The molecule has 0 aliphatic carbocycles. The summed E-state index contributed by atoms with van der Waals surface area (Å²) < 4.78 is 1.71. The smallest absolute Gasteiger partial charge is 0.251 e. The average molecular weight is 395 g/mol. The molecule has 1 atom stereocenters. The molecule has 0 fully saturated rings. The first-order valence-corrected chi connectivity index (χ1v) is 9.08. The zero-order valence-corrected chi connectivity index (χ0v) is 17.9. The van der Waals surface area contributed by atoms with Gasteiger partial charge in [-0.25, -0.2) is 14.6 Å². The lowest BCUT2D eigenvalue weighted by Gasteiger charge is -2.18. The number of amides is 1. The van der Waals surface area contributed by atoms with Crippen molar-refractivity contribution in [2.24, 2.45) is 11.7 Å². The highest BCUT2D eigenvalue weighted by Crippen LogP contribution is 2.17. The predicted molar refractivity (Wildman–Crippen MR) is 109 cm³/mol. The molecule has 0 saturated heterocycles. The normalized spacial score (nSPS) is 12.0. The maximum absolute atomic E-state index is 12.5. The maximum atomic E-state index is 12.5. The molecule has 27 heavy (non-hydrogen) atoms. The third-order valence-corrected chi connectivity index (χ3v) is 4.34. The van der Waals surface area contributed by atoms with Crippen molar-refractivity contribution in [3.63, 3.8) is 0 Å². The number of halogens is 1. The summed E-state index contributed by atoms with van der Waals surface area (Å²) >= 11 is 0. The van der Waals surface area contributed by atoms with Crippen LogP contribution in [0.25, 0.3) is 5.95 Å². The Morgan fingerprint density at radius 2 is 1.78 bits per heavy atom. The van der Waals surface area contributed by atoms with Crippen LogP contribution in [0, 0.1) is 33.6 Å². The minimum atomic E-state index is -0.0341. The number of hydrogen-bond donors (Lipinski definition) is 2. The summed E-state index contributed by atoms with van der Waals surface area (Å²) in [7, 11) is 0. The van der Waals surface area contributed by atoms with Crippen molar-refractivity contribution in [1.29, 1.82) is 0 Å². The summed E-state index contributed by atoms with van der Waals surface area (Å²) in [5, 5.41) is 7.59. The number of nitrogens with two attached hydrogens (primary N) is 1. The third-order valence-electron chi connectivity index (χ3n) is 4.34. The molecule has 8 heteroatoms. The van der Waals surface area contributed by atoms with Crippen molar-refractivity contribution < 1.29 is 4.79 Å². The van der Waals surface area contributed by atoms with Gasteiger partial charge in [-0.05, 0) is 46.1 Å². The van der Waals surface area contributed by atoms with Crippen molar-refractivity contribution in [2.45, 2.75) is 60.4 Å². The zero-order valence-electron chi connectivity index (χ0n) is 17.0. The number of nitrogens with zero attached hydrogens (tertiary/aromatic N) is 4. The molecule has 0 radical (unpaired) electrons. The van der Waals surface area contributed by atoms with Gasteiger partial charge in [-0.3, -0.25) is 4.79 Å². The molecule has 3 N–H and O–H groups in total. The second-order valence-corrected chi connectivity index (χ2v) is 7.32. The van der Waals surface area contributed by atoms with Crippen LogP contribution in [-0.2, 0) is 11.2 Å². The number of nitrogens with one attached hydrogen (secondary N) is 1. The fourth-order valence-corrected chi connectivity index (χ4v) is 3.15. The van der Waals surface area contributed by atoms with Crippen molar-refractivity contribution in [3.05, 3.63) is 34.4 Å². The van der Waals surface area contributed by atoms with Gasteiger partial charge < -0.3 is 11.1 Å². The highest BCUT2D eigenvalue weighted by atomic mass is 35.5. The van der Waals surface area contributed by atoms with Crippen LogP contribution >= 0.6 is 12.4 Å². The van der Waals surface area contributed by atoms with Crippen molar-refractivity contribution >= 4 is 18.3 Å². The monoisotopic (exact) mass is 394 g/mol. The summed E-state index contributed by atoms with van der Waals surface area (Å²) in [4.78, 5) is 21.4. The number of carbonyl (C=O) groups excluding carboxylic acids is 1. The van der Waals surface area contributed by atoms with Gasteiger partial charge in [0.05, 0.1) is 12.1 Å². The standard InChI is InChI=1S/C19H30N6O.ClH/c1-11(2)7-16(10-20)23-18(26)9-17-14(5)24-25(15(17)6)19-21-12(3)8-13(4)22-19;/h8,11,16H,7,9-10,20H2,1-6H3,(H,23,26);1H. The maximum Gasteiger partial charge on any atom is 0.251 e. The van der Waals surface area contributed by atoms with Crippen LogP contribution in [0.5, 0.6) is 0 Å². The van der Waals surface area contributed by atoms with E-state index in [4.69, 9.17) is 5.73 Å². The van der Waals surface area contributed by atoms with E-state index < -0.39 is 0 Å². The lowest BCUT2D eigenvalue weighted by Crippen LogP contribution is -2.41. The van der Waals surface area contributed by atoms with Crippen molar-refractivity contribution in [1.82, 2.24) is 25.1 Å². The number of hydrogen-bond acceptors (Lipinski definition) is 5. The molecule has 0 saturated carbocycles. The average Bonchev–Trinajstić information content (AvgIpc) is 2.81. The van der Waals surface area contributed by atoms with Gasteiger partial charge in [0.15, 0.2) is 0 Å².